The summed E-state index contributed by atoms with van der Waals surface area (Å²) < 4.78 is 79.3. The minimum absolute atomic E-state index is 0.0160. The van der Waals surface area contributed by atoms with Crippen LogP contribution in [0.3, 0.4) is 0 Å². The number of benzene rings is 3. The number of carbonyl (C=O) groups excluding carboxylic acids is 3. The number of aromatic nitrogens is 2. The summed E-state index contributed by atoms with van der Waals surface area (Å²) in [6.45, 7) is 16.4. The van der Waals surface area contributed by atoms with Crippen molar-refractivity contribution in [1.29, 1.82) is 0 Å². The van der Waals surface area contributed by atoms with E-state index in [1.807, 2.05) is 39.0 Å². The van der Waals surface area contributed by atoms with Gasteiger partial charge in [0.25, 0.3) is 21.9 Å². The molecule has 22 heteroatoms. The van der Waals surface area contributed by atoms with Crippen LogP contribution in [0, 0.1) is 0 Å². The van der Waals surface area contributed by atoms with Crippen LogP contribution in [0.5, 0.6) is 0 Å². The SMILES string of the molecule is CC/N=c1/ccc2c(-c3ccc(S(=O)(=O)NCCNC(=O)CCC[Si](C)(C)O[Si](C)(C)CSc4ncc(CN5C(=O)C=CC5=O)cn4)cc3S(=O)(=O)O)c3ccc(N(CC)CC)cc3oc-2c1. The van der Waals surface area contributed by atoms with E-state index in [0.29, 0.717) is 62.3 Å². The van der Waals surface area contributed by atoms with Gasteiger partial charge in [0.1, 0.15) is 16.2 Å². The summed E-state index contributed by atoms with van der Waals surface area (Å²) in [5.74, 6) is -0.554. The number of nitrogens with zero attached hydrogens (tertiary/aromatic N) is 5. The maximum atomic E-state index is 13.5. The van der Waals surface area contributed by atoms with Gasteiger partial charge in [-0.3, -0.25) is 28.8 Å². The predicted molar refractivity (Wildman–Crippen MR) is 263 cm³/mol. The van der Waals surface area contributed by atoms with Crippen molar-refractivity contribution in [1.82, 2.24) is 24.9 Å². The molecule has 0 unspecified atom stereocenters. The lowest BCUT2D eigenvalue weighted by Crippen LogP contribution is -2.46. The monoisotopic (exact) mass is 1010 g/mol. The van der Waals surface area contributed by atoms with Gasteiger partial charge in [0.2, 0.25) is 15.9 Å². The first kappa shape index (κ1) is 51.3. The summed E-state index contributed by atoms with van der Waals surface area (Å²) in [6, 6.07) is 15.2. The van der Waals surface area contributed by atoms with Crippen molar-refractivity contribution >= 4 is 82.9 Å². The van der Waals surface area contributed by atoms with Crippen LogP contribution in [-0.4, -0.2) is 109 Å². The number of rotatable bonds is 22. The fraction of sp³-hybridized carbons (Fsp3) is 0.378. The van der Waals surface area contributed by atoms with Crippen molar-refractivity contribution in [3.05, 3.63) is 90.1 Å². The van der Waals surface area contributed by atoms with E-state index in [1.165, 1.54) is 36.0 Å². The molecule has 0 fully saturated rings. The van der Waals surface area contributed by atoms with Crippen LogP contribution in [-0.2, 0) is 45.2 Å². The Morgan fingerprint density at radius 1 is 0.896 bits per heavy atom. The molecule has 1 aliphatic carbocycles. The normalized spacial score (nSPS) is 13.9. The topological polar surface area (TPSA) is 231 Å². The number of anilines is 1. The molecule has 67 heavy (non-hydrogen) atoms. The molecule has 0 radical (unpaired) electrons. The van der Waals surface area contributed by atoms with Crippen molar-refractivity contribution in [2.24, 2.45) is 4.99 Å². The lowest BCUT2D eigenvalue weighted by atomic mass is 9.93. The highest BCUT2D eigenvalue weighted by Gasteiger charge is 2.34. The highest BCUT2D eigenvalue weighted by Crippen LogP contribution is 2.43. The molecular formula is C45H57N7O10S3Si2. The molecular weight excluding hydrogens is 951 g/mol. The van der Waals surface area contributed by atoms with Crippen LogP contribution in [0.25, 0.3) is 33.4 Å². The van der Waals surface area contributed by atoms with Crippen molar-refractivity contribution < 1.29 is 44.3 Å². The molecule has 3 N–H and O–H groups in total. The molecule has 3 heterocycles. The highest BCUT2D eigenvalue weighted by atomic mass is 32.2. The zero-order valence-corrected chi connectivity index (χ0v) is 43.1. The second-order valence-corrected chi connectivity index (χ2v) is 30.4. The second kappa shape index (κ2) is 21.5. The van der Waals surface area contributed by atoms with E-state index in [4.69, 9.17) is 8.53 Å². The quantitative estimate of drug-likeness (QED) is 0.0130. The molecule has 6 rings (SSSR count). The Bertz CT molecular complexity index is 2930. The molecule has 3 aliphatic rings. The summed E-state index contributed by atoms with van der Waals surface area (Å²) >= 11 is 1.49. The summed E-state index contributed by atoms with van der Waals surface area (Å²) in [5.41, 5.74) is 3.06. The number of carbonyl (C=O) groups is 3. The van der Waals surface area contributed by atoms with Gasteiger partial charge in [0.15, 0.2) is 21.8 Å². The van der Waals surface area contributed by atoms with Gasteiger partial charge in [-0.15, -0.1) is 0 Å². The standard InChI is InChI=1S/C45H57N7O10S3Si2/c1-8-46-32-13-16-35-38(24-32)61-39-25-33(51(9-2)10-3)14-17-36(39)44(35)37-18-15-34(26-40(37)65(58,59)60)64(56,57)50-22-21-47-41(53)12-11-23-66(4,5)62-67(6,7)30-63-45-48-27-31(28-49-45)29-52-42(54)19-20-43(52)55/h13-20,24-28,50H,8-12,21-23,29-30H2,1-7H3,(H,47,53)(H,58,59,60)/b46-32-. The van der Waals surface area contributed by atoms with Crippen LogP contribution in [0.15, 0.2) is 103 Å². The van der Waals surface area contributed by atoms with E-state index < -0.39 is 41.7 Å². The minimum Gasteiger partial charge on any atom is -0.456 e. The van der Waals surface area contributed by atoms with Crippen molar-refractivity contribution in [3.63, 3.8) is 0 Å². The Morgan fingerprint density at radius 3 is 2.24 bits per heavy atom. The first-order valence-corrected chi connectivity index (χ1v) is 32.1. The molecule has 0 atom stereocenters. The van der Waals surface area contributed by atoms with Gasteiger partial charge in [-0.1, -0.05) is 17.8 Å². The number of fused-ring (bicyclic) bond motifs is 2. The van der Waals surface area contributed by atoms with Crippen LogP contribution in [0.1, 0.15) is 39.2 Å². The van der Waals surface area contributed by atoms with Crippen LogP contribution >= 0.6 is 11.8 Å². The van der Waals surface area contributed by atoms with Gasteiger partial charge >= 0.3 is 0 Å². The van der Waals surface area contributed by atoms with Gasteiger partial charge in [-0.05, 0) is 95.8 Å². The number of sulfonamides is 1. The molecule has 0 saturated carbocycles. The summed E-state index contributed by atoms with van der Waals surface area (Å²) in [6.07, 6.45) is 6.49. The van der Waals surface area contributed by atoms with Gasteiger partial charge in [-0.2, -0.15) is 8.42 Å². The second-order valence-electron chi connectivity index (χ2n) is 17.1. The smallest absolute Gasteiger partial charge is 0.295 e. The van der Waals surface area contributed by atoms with Crippen LogP contribution < -0.4 is 20.3 Å². The van der Waals surface area contributed by atoms with E-state index in [9.17, 15) is 35.8 Å². The number of hydrogen-bond acceptors (Lipinski definition) is 14. The van der Waals surface area contributed by atoms with E-state index in [0.717, 1.165) is 35.8 Å². The molecule has 17 nitrogen and oxygen atoms in total. The molecule has 3 aromatic rings. The van der Waals surface area contributed by atoms with Crippen molar-refractivity contribution in [2.45, 2.75) is 87.3 Å². The van der Waals surface area contributed by atoms with Crippen LogP contribution in [0.4, 0.5) is 5.69 Å². The van der Waals surface area contributed by atoms with Crippen LogP contribution in [0.2, 0.25) is 32.2 Å². The van der Waals surface area contributed by atoms with Gasteiger partial charge in [-0.25, -0.2) is 23.1 Å². The molecule has 0 spiro atoms. The van der Waals surface area contributed by atoms with E-state index in [2.05, 4.69) is 56.1 Å². The highest BCUT2D eigenvalue weighted by molar-refractivity contribution is 8.00. The third-order valence-electron chi connectivity index (χ3n) is 10.9. The zero-order chi connectivity index (χ0) is 48.7. The molecule has 358 valence electrons. The molecule has 2 aliphatic heterocycles. The predicted octanol–water partition coefficient (Wildman–Crippen LogP) is 6.37. The largest absolute Gasteiger partial charge is 0.456 e. The Balaban J connectivity index is 1.04. The van der Waals surface area contributed by atoms with E-state index in [-0.39, 0.29) is 54.2 Å². The third kappa shape index (κ3) is 13.1. The third-order valence-corrected chi connectivity index (χ3v) is 23.1. The summed E-state index contributed by atoms with van der Waals surface area (Å²) in [5, 5.41) is 5.22. The molecule has 3 amide bonds. The number of nitrogens with one attached hydrogen (secondary N) is 2. The van der Waals surface area contributed by atoms with Gasteiger partial charge in [0.05, 0.1) is 16.8 Å². The van der Waals surface area contributed by atoms with Crippen molar-refractivity contribution in [2.75, 3.05) is 43.0 Å². The minimum atomic E-state index is -4.97. The fourth-order valence-corrected chi connectivity index (χ4v) is 20.1. The summed E-state index contributed by atoms with van der Waals surface area (Å²) in [4.78, 5) is 52.1. The lowest BCUT2D eigenvalue weighted by Gasteiger charge is -2.33. The lowest BCUT2D eigenvalue weighted by molar-refractivity contribution is -0.137. The molecule has 2 aromatic carbocycles. The maximum absolute atomic E-state index is 13.5. The zero-order valence-electron chi connectivity index (χ0n) is 38.7. The maximum Gasteiger partial charge on any atom is 0.295 e. The summed E-state index contributed by atoms with van der Waals surface area (Å²) in [7, 11) is -13.6. The van der Waals surface area contributed by atoms with Crippen molar-refractivity contribution in [3.8, 4) is 22.5 Å². The average Bonchev–Trinajstić information content (AvgIpc) is 3.58. The Kier molecular flexibility index (Phi) is 16.5. The first-order valence-electron chi connectivity index (χ1n) is 22.0. The number of thioether (sulfide) groups is 1. The first-order chi connectivity index (χ1) is 31.6. The number of hydrogen-bond donors (Lipinski definition) is 3. The van der Waals surface area contributed by atoms with Gasteiger partial charge < -0.3 is 18.7 Å². The number of imide groups is 1. The Hall–Kier alpha value is -5.08. The Morgan fingerprint density at radius 2 is 1.58 bits per heavy atom. The molecule has 0 saturated heterocycles. The van der Waals surface area contributed by atoms with E-state index >= 15 is 0 Å². The average molecular weight is 1010 g/mol. The molecule has 1 aromatic heterocycles. The van der Waals surface area contributed by atoms with E-state index in [1.54, 1.807) is 30.6 Å². The Labute approximate surface area is 397 Å². The molecule has 0 bridgehead atoms. The fourth-order valence-electron chi connectivity index (χ4n) is 7.88. The van der Waals surface area contributed by atoms with Gasteiger partial charge in [0, 0.05) is 115 Å². The number of amides is 3.